The van der Waals surface area contributed by atoms with Crippen molar-refractivity contribution < 1.29 is 0 Å². The van der Waals surface area contributed by atoms with Crippen molar-refractivity contribution in [3.63, 3.8) is 0 Å². The summed E-state index contributed by atoms with van der Waals surface area (Å²) in [6.45, 7) is 3.04. The minimum absolute atomic E-state index is 0.644. The van der Waals surface area contributed by atoms with Crippen LogP contribution in [-0.2, 0) is 6.42 Å². The van der Waals surface area contributed by atoms with Gasteiger partial charge in [-0.3, -0.25) is 0 Å². The molecule has 1 nitrogen and oxygen atoms in total. The Balaban J connectivity index is 1.96. The number of hydrogen-bond donors (Lipinski definition) is 1. The molecule has 1 aromatic rings. The second-order valence-electron chi connectivity index (χ2n) is 5.79. The van der Waals surface area contributed by atoms with Gasteiger partial charge in [-0.25, -0.2) is 0 Å². The molecular formula is C17H27N. The van der Waals surface area contributed by atoms with E-state index in [4.69, 9.17) is 5.73 Å². The molecule has 2 rings (SSSR count). The maximum Gasteiger partial charge on any atom is -0.00458 e. The zero-order valence-electron chi connectivity index (χ0n) is 11.7. The van der Waals surface area contributed by atoms with E-state index in [-0.39, 0.29) is 0 Å². The van der Waals surface area contributed by atoms with Crippen LogP contribution in [0.1, 0.15) is 62.5 Å². The SMILES string of the molecule is CCC(CN)Cc1ccc(C2CCCCC2)cc1. The fourth-order valence-electron chi connectivity index (χ4n) is 3.09. The van der Waals surface area contributed by atoms with Crippen LogP contribution in [0.4, 0.5) is 0 Å². The second kappa shape index (κ2) is 6.94. The highest BCUT2D eigenvalue weighted by Crippen LogP contribution is 2.32. The topological polar surface area (TPSA) is 26.0 Å². The summed E-state index contributed by atoms with van der Waals surface area (Å²) in [5, 5.41) is 0. The molecule has 2 N–H and O–H groups in total. The van der Waals surface area contributed by atoms with E-state index >= 15 is 0 Å². The zero-order chi connectivity index (χ0) is 12.8. The number of nitrogens with two attached hydrogens (primary N) is 1. The van der Waals surface area contributed by atoms with E-state index in [1.165, 1.54) is 44.1 Å². The van der Waals surface area contributed by atoms with Gasteiger partial charge in [0, 0.05) is 0 Å². The van der Waals surface area contributed by atoms with Crippen LogP contribution in [0.25, 0.3) is 0 Å². The molecule has 0 aromatic heterocycles. The number of benzene rings is 1. The van der Waals surface area contributed by atoms with E-state index in [9.17, 15) is 0 Å². The summed E-state index contributed by atoms with van der Waals surface area (Å²) in [7, 11) is 0. The summed E-state index contributed by atoms with van der Waals surface area (Å²) in [6.07, 6.45) is 9.36. The molecule has 18 heavy (non-hydrogen) atoms. The van der Waals surface area contributed by atoms with E-state index in [1.807, 2.05) is 0 Å². The molecule has 0 spiro atoms. The fourth-order valence-corrected chi connectivity index (χ4v) is 3.09. The van der Waals surface area contributed by atoms with Crippen molar-refractivity contribution in [3.05, 3.63) is 35.4 Å². The molecule has 1 fully saturated rings. The summed E-state index contributed by atoms with van der Waals surface area (Å²) in [5.74, 6) is 1.47. The Hall–Kier alpha value is -0.820. The molecule has 0 bridgehead atoms. The van der Waals surface area contributed by atoms with Crippen LogP contribution in [0.3, 0.4) is 0 Å². The molecule has 1 atom stereocenters. The molecule has 0 saturated heterocycles. The average Bonchev–Trinajstić information content (AvgIpc) is 2.46. The van der Waals surface area contributed by atoms with Crippen LogP contribution in [0.2, 0.25) is 0 Å². The van der Waals surface area contributed by atoms with Gasteiger partial charge >= 0.3 is 0 Å². The summed E-state index contributed by atoms with van der Waals surface area (Å²) in [6, 6.07) is 9.35. The lowest BCUT2D eigenvalue weighted by Gasteiger charge is -2.22. The van der Waals surface area contributed by atoms with Crippen molar-refractivity contribution in [2.24, 2.45) is 11.7 Å². The Morgan fingerprint density at radius 1 is 1.11 bits per heavy atom. The molecule has 1 aliphatic rings. The Morgan fingerprint density at radius 3 is 2.33 bits per heavy atom. The third-order valence-electron chi connectivity index (χ3n) is 4.49. The van der Waals surface area contributed by atoms with E-state index in [2.05, 4.69) is 31.2 Å². The molecule has 0 radical (unpaired) electrons. The third kappa shape index (κ3) is 3.58. The minimum Gasteiger partial charge on any atom is -0.330 e. The van der Waals surface area contributed by atoms with Crippen molar-refractivity contribution >= 4 is 0 Å². The predicted octanol–water partition coefficient (Wildman–Crippen LogP) is 4.26. The maximum atomic E-state index is 5.78. The van der Waals surface area contributed by atoms with Crippen molar-refractivity contribution in [2.75, 3.05) is 6.54 Å². The average molecular weight is 245 g/mol. The molecule has 0 amide bonds. The molecular weight excluding hydrogens is 218 g/mol. The van der Waals surface area contributed by atoms with Crippen LogP contribution >= 0.6 is 0 Å². The molecule has 0 heterocycles. The van der Waals surface area contributed by atoms with Gasteiger partial charge in [-0.15, -0.1) is 0 Å². The predicted molar refractivity (Wildman–Crippen MR) is 78.8 cm³/mol. The maximum absolute atomic E-state index is 5.78. The third-order valence-corrected chi connectivity index (χ3v) is 4.49. The van der Waals surface area contributed by atoms with Crippen LogP contribution in [0.5, 0.6) is 0 Å². The van der Waals surface area contributed by atoms with Gasteiger partial charge in [0.15, 0.2) is 0 Å². The largest absolute Gasteiger partial charge is 0.330 e. The first kappa shape index (κ1) is 13.6. The van der Waals surface area contributed by atoms with Gasteiger partial charge in [0.05, 0.1) is 0 Å². The molecule has 1 aromatic carbocycles. The van der Waals surface area contributed by atoms with Crippen molar-refractivity contribution in [3.8, 4) is 0 Å². The zero-order valence-corrected chi connectivity index (χ0v) is 11.7. The quantitative estimate of drug-likeness (QED) is 0.824. The van der Waals surface area contributed by atoms with E-state index in [0.717, 1.165) is 18.9 Å². The highest BCUT2D eigenvalue weighted by Gasteiger charge is 2.15. The second-order valence-corrected chi connectivity index (χ2v) is 5.79. The highest BCUT2D eigenvalue weighted by molar-refractivity contribution is 5.26. The normalized spacial score (nSPS) is 18.8. The Labute approximate surface area is 112 Å². The molecule has 100 valence electrons. The van der Waals surface area contributed by atoms with E-state index in [0.29, 0.717) is 5.92 Å². The first-order valence-corrected chi connectivity index (χ1v) is 7.62. The summed E-state index contributed by atoms with van der Waals surface area (Å²) >= 11 is 0. The Kier molecular flexibility index (Phi) is 5.25. The van der Waals surface area contributed by atoms with Gasteiger partial charge in [-0.2, -0.15) is 0 Å². The van der Waals surface area contributed by atoms with Crippen molar-refractivity contribution in [1.82, 2.24) is 0 Å². The van der Waals surface area contributed by atoms with Crippen molar-refractivity contribution in [1.29, 1.82) is 0 Å². The Morgan fingerprint density at radius 2 is 1.78 bits per heavy atom. The lowest BCUT2D eigenvalue weighted by Crippen LogP contribution is -2.15. The van der Waals surface area contributed by atoms with Gasteiger partial charge in [0.1, 0.15) is 0 Å². The lowest BCUT2D eigenvalue weighted by molar-refractivity contribution is 0.443. The first-order valence-electron chi connectivity index (χ1n) is 7.62. The minimum atomic E-state index is 0.644. The number of rotatable bonds is 5. The lowest BCUT2D eigenvalue weighted by atomic mass is 9.83. The van der Waals surface area contributed by atoms with Crippen LogP contribution in [-0.4, -0.2) is 6.54 Å². The van der Waals surface area contributed by atoms with Crippen LogP contribution < -0.4 is 5.73 Å². The monoisotopic (exact) mass is 245 g/mol. The van der Waals surface area contributed by atoms with Gasteiger partial charge in [-0.1, -0.05) is 56.9 Å². The smallest absolute Gasteiger partial charge is 0.00458 e. The summed E-state index contributed by atoms with van der Waals surface area (Å²) in [4.78, 5) is 0. The molecule has 0 aliphatic heterocycles. The van der Waals surface area contributed by atoms with Gasteiger partial charge in [-0.05, 0) is 48.8 Å². The van der Waals surface area contributed by atoms with Gasteiger partial charge in [0.2, 0.25) is 0 Å². The Bertz CT molecular complexity index is 331. The molecule has 1 saturated carbocycles. The van der Waals surface area contributed by atoms with Crippen molar-refractivity contribution in [2.45, 2.75) is 57.8 Å². The standard InChI is InChI=1S/C17H27N/c1-2-14(13-18)12-15-8-10-17(11-9-15)16-6-4-3-5-7-16/h8-11,14,16H,2-7,12-13,18H2,1H3. The molecule has 1 heteroatoms. The molecule has 1 unspecified atom stereocenters. The van der Waals surface area contributed by atoms with E-state index < -0.39 is 0 Å². The van der Waals surface area contributed by atoms with E-state index in [1.54, 1.807) is 5.56 Å². The van der Waals surface area contributed by atoms with Gasteiger partial charge in [0.25, 0.3) is 0 Å². The van der Waals surface area contributed by atoms with Crippen LogP contribution in [0.15, 0.2) is 24.3 Å². The first-order chi connectivity index (χ1) is 8.83. The van der Waals surface area contributed by atoms with Crippen LogP contribution in [0, 0.1) is 5.92 Å². The highest BCUT2D eigenvalue weighted by atomic mass is 14.5. The number of hydrogen-bond acceptors (Lipinski definition) is 1. The fraction of sp³-hybridized carbons (Fsp3) is 0.647. The van der Waals surface area contributed by atoms with Gasteiger partial charge < -0.3 is 5.73 Å². The molecule has 1 aliphatic carbocycles. The summed E-state index contributed by atoms with van der Waals surface area (Å²) in [5.41, 5.74) is 8.78. The summed E-state index contributed by atoms with van der Waals surface area (Å²) < 4.78 is 0.